The number of thiophene rings is 1. The van der Waals surface area contributed by atoms with E-state index in [-0.39, 0.29) is 24.0 Å². The van der Waals surface area contributed by atoms with Gasteiger partial charge in [-0.05, 0) is 54.0 Å². The van der Waals surface area contributed by atoms with Gasteiger partial charge in [0.25, 0.3) is 0 Å². The van der Waals surface area contributed by atoms with Crippen molar-refractivity contribution in [1.82, 2.24) is 10.2 Å². The van der Waals surface area contributed by atoms with Gasteiger partial charge in [0.05, 0.1) is 0 Å². The van der Waals surface area contributed by atoms with Gasteiger partial charge in [0.15, 0.2) is 5.96 Å². The number of ether oxygens (including phenoxy) is 1. The van der Waals surface area contributed by atoms with Crippen LogP contribution in [0.4, 0.5) is 0 Å². The fourth-order valence-corrected chi connectivity index (χ4v) is 3.36. The number of hydrogen-bond donors (Lipinski definition) is 1. The van der Waals surface area contributed by atoms with Crippen LogP contribution in [0.15, 0.2) is 21.8 Å². The number of rotatable bonds is 6. The van der Waals surface area contributed by atoms with Crippen LogP contribution in [-0.2, 0) is 11.2 Å². The fraction of sp³-hybridized carbons (Fsp3) is 0.688. The molecule has 0 spiro atoms. The van der Waals surface area contributed by atoms with Crippen LogP contribution in [0.5, 0.6) is 0 Å². The number of hydrogen-bond acceptors (Lipinski definition) is 3. The first-order valence-electron chi connectivity index (χ1n) is 7.80. The Morgan fingerprint density at radius 2 is 2.23 bits per heavy atom. The summed E-state index contributed by atoms with van der Waals surface area (Å²) in [5.41, 5.74) is 1.40. The van der Waals surface area contributed by atoms with Gasteiger partial charge in [0, 0.05) is 40.4 Å². The van der Waals surface area contributed by atoms with Crippen LogP contribution in [0.2, 0.25) is 0 Å². The van der Waals surface area contributed by atoms with Gasteiger partial charge >= 0.3 is 0 Å². The highest BCUT2D eigenvalue weighted by Gasteiger charge is 2.15. The zero-order valence-corrected chi connectivity index (χ0v) is 16.7. The molecule has 1 aromatic heterocycles. The molecule has 0 amide bonds. The monoisotopic (exact) mass is 437 g/mol. The van der Waals surface area contributed by atoms with Gasteiger partial charge < -0.3 is 15.0 Å². The van der Waals surface area contributed by atoms with Crippen molar-refractivity contribution < 1.29 is 4.74 Å². The molecule has 2 rings (SSSR count). The molecule has 1 aliphatic rings. The third-order valence-electron chi connectivity index (χ3n) is 4.06. The van der Waals surface area contributed by atoms with E-state index in [1.54, 1.807) is 11.3 Å². The predicted molar refractivity (Wildman–Crippen MR) is 106 cm³/mol. The molecule has 1 aliphatic heterocycles. The maximum atomic E-state index is 5.41. The smallest absolute Gasteiger partial charge is 0.193 e. The highest BCUT2D eigenvalue weighted by atomic mass is 127. The zero-order valence-electron chi connectivity index (χ0n) is 13.6. The van der Waals surface area contributed by atoms with Crippen LogP contribution >= 0.6 is 35.3 Å². The maximum Gasteiger partial charge on any atom is 0.193 e. The molecular weight excluding hydrogens is 409 g/mol. The molecule has 0 aromatic carbocycles. The van der Waals surface area contributed by atoms with E-state index in [0.29, 0.717) is 0 Å². The summed E-state index contributed by atoms with van der Waals surface area (Å²) in [6.45, 7) is 3.86. The summed E-state index contributed by atoms with van der Waals surface area (Å²) in [5, 5.41) is 7.79. The third-order valence-corrected chi connectivity index (χ3v) is 4.80. The minimum Gasteiger partial charge on any atom is -0.381 e. The fourth-order valence-electron chi connectivity index (χ4n) is 2.66. The van der Waals surface area contributed by atoms with Crippen molar-refractivity contribution in [2.45, 2.75) is 25.7 Å². The number of guanidine groups is 1. The Kier molecular flexibility index (Phi) is 10.1. The Balaban J connectivity index is 0.00000242. The van der Waals surface area contributed by atoms with E-state index < -0.39 is 0 Å². The van der Waals surface area contributed by atoms with E-state index in [1.165, 1.54) is 24.8 Å². The van der Waals surface area contributed by atoms with Crippen molar-refractivity contribution in [2.24, 2.45) is 10.9 Å². The Hall–Kier alpha value is -0.340. The van der Waals surface area contributed by atoms with Crippen molar-refractivity contribution in [2.75, 3.05) is 40.4 Å². The predicted octanol–water partition coefficient (Wildman–Crippen LogP) is 3.23. The minimum absolute atomic E-state index is 0. The highest BCUT2D eigenvalue weighted by molar-refractivity contribution is 14.0. The molecule has 0 atom stereocenters. The summed E-state index contributed by atoms with van der Waals surface area (Å²) < 4.78 is 5.41. The van der Waals surface area contributed by atoms with Crippen LogP contribution in [0.25, 0.3) is 0 Å². The molecular formula is C16H28IN3OS. The molecule has 22 heavy (non-hydrogen) atoms. The lowest BCUT2D eigenvalue weighted by molar-refractivity contribution is 0.0625. The van der Waals surface area contributed by atoms with Gasteiger partial charge in [0.2, 0.25) is 0 Å². The Morgan fingerprint density at radius 3 is 2.86 bits per heavy atom. The number of nitrogens with zero attached hydrogens (tertiary/aromatic N) is 2. The third kappa shape index (κ3) is 6.83. The Bertz CT molecular complexity index is 419. The van der Waals surface area contributed by atoms with Gasteiger partial charge in [-0.15, -0.1) is 24.0 Å². The second kappa shape index (κ2) is 11.2. The summed E-state index contributed by atoms with van der Waals surface area (Å²) in [4.78, 5) is 6.62. The van der Waals surface area contributed by atoms with Crippen LogP contribution in [-0.4, -0.2) is 51.3 Å². The van der Waals surface area contributed by atoms with Crippen molar-refractivity contribution in [3.05, 3.63) is 22.4 Å². The number of aliphatic imine (C=N–C) groups is 1. The van der Waals surface area contributed by atoms with E-state index in [4.69, 9.17) is 4.74 Å². The van der Waals surface area contributed by atoms with E-state index >= 15 is 0 Å². The Morgan fingerprint density at radius 1 is 1.45 bits per heavy atom. The molecule has 1 aromatic rings. The van der Waals surface area contributed by atoms with Gasteiger partial charge in [-0.2, -0.15) is 11.3 Å². The van der Waals surface area contributed by atoms with Crippen LogP contribution in [0.3, 0.4) is 0 Å². The SMILES string of the molecule is CN=C(NCCc1ccsc1)N(C)CCC1CCOCC1.I. The molecule has 0 bridgehead atoms. The van der Waals surface area contributed by atoms with Crippen LogP contribution < -0.4 is 5.32 Å². The van der Waals surface area contributed by atoms with E-state index in [1.807, 2.05) is 7.05 Å². The summed E-state index contributed by atoms with van der Waals surface area (Å²) in [5.74, 6) is 1.81. The summed E-state index contributed by atoms with van der Waals surface area (Å²) in [6.07, 6.45) is 4.69. The molecule has 1 N–H and O–H groups in total. The van der Waals surface area contributed by atoms with E-state index in [9.17, 15) is 0 Å². The molecule has 0 unspecified atom stereocenters. The average molecular weight is 437 g/mol. The summed E-state index contributed by atoms with van der Waals surface area (Å²) in [7, 11) is 3.98. The Labute approximate surface area is 155 Å². The highest BCUT2D eigenvalue weighted by Crippen LogP contribution is 2.18. The minimum atomic E-state index is 0. The van der Waals surface area contributed by atoms with E-state index in [0.717, 1.165) is 44.6 Å². The topological polar surface area (TPSA) is 36.9 Å². The van der Waals surface area contributed by atoms with Gasteiger partial charge in [-0.1, -0.05) is 0 Å². The zero-order chi connectivity index (χ0) is 14.9. The van der Waals surface area contributed by atoms with Gasteiger partial charge in [0.1, 0.15) is 0 Å². The van der Waals surface area contributed by atoms with Crippen molar-refractivity contribution >= 4 is 41.3 Å². The normalized spacial score (nSPS) is 16.2. The first kappa shape index (κ1) is 19.7. The lowest BCUT2D eigenvalue weighted by atomic mass is 9.96. The second-order valence-corrected chi connectivity index (χ2v) is 6.40. The van der Waals surface area contributed by atoms with Crippen LogP contribution in [0.1, 0.15) is 24.8 Å². The lowest BCUT2D eigenvalue weighted by Crippen LogP contribution is -2.40. The molecule has 6 heteroatoms. The molecule has 126 valence electrons. The van der Waals surface area contributed by atoms with E-state index in [2.05, 4.69) is 39.1 Å². The molecule has 0 aliphatic carbocycles. The van der Waals surface area contributed by atoms with Gasteiger partial charge in [-0.25, -0.2) is 0 Å². The number of halogens is 1. The standard InChI is InChI=1S/C16H27N3OS.HI/c1-17-16(18-8-3-15-7-12-21-13-15)19(2)9-4-14-5-10-20-11-6-14;/h7,12-14H,3-6,8-11H2,1-2H3,(H,17,18);1H. The second-order valence-electron chi connectivity index (χ2n) is 5.62. The maximum absolute atomic E-state index is 5.41. The largest absolute Gasteiger partial charge is 0.381 e. The first-order valence-corrected chi connectivity index (χ1v) is 8.74. The van der Waals surface area contributed by atoms with Crippen molar-refractivity contribution in [3.8, 4) is 0 Å². The lowest BCUT2D eigenvalue weighted by Gasteiger charge is -2.26. The molecule has 0 radical (unpaired) electrons. The molecule has 2 heterocycles. The molecule has 1 fully saturated rings. The summed E-state index contributed by atoms with van der Waals surface area (Å²) >= 11 is 1.76. The summed E-state index contributed by atoms with van der Waals surface area (Å²) in [6, 6.07) is 2.18. The molecule has 4 nitrogen and oxygen atoms in total. The van der Waals surface area contributed by atoms with Crippen LogP contribution in [0, 0.1) is 5.92 Å². The first-order chi connectivity index (χ1) is 10.3. The quantitative estimate of drug-likeness (QED) is 0.422. The number of nitrogens with one attached hydrogen (secondary N) is 1. The molecule has 1 saturated heterocycles. The van der Waals surface area contributed by atoms with Crippen molar-refractivity contribution in [3.63, 3.8) is 0 Å². The average Bonchev–Trinajstić information content (AvgIpc) is 3.03. The van der Waals surface area contributed by atoms with Gasteiger partial charge in [-0.3, -0.25) is 4.99 Å². The van der Waals surface area contributed by atoms with Crippen molar-refractivity contribution in [1.29, 1.82) is 0 Å². The molecule has 0 saturated carbocycles.